The Morgan fingerprint density at radius 3 is 2.82 bits per heavy atom. The van der Waals surface area contributed by atoms with Crippen LogP contribution in [0.1, 0.15) is 25.2 Å². The van der Waals surface area contributed by atoms with Crippen molar-refractivity contribution in [2.75, 3.05) is 7.11 Å². The number of hydrogen-bond donors (Lipinski definition) is 0. The van der Waals surface area contributed by atoms with E-state index in [0.29, 0.717) is 5.82 Å². The lowest BCUT2D eigenvalue weighted by atomic mass is 9.93. The molecular weight excluding hydrogens is 218 g/mol. The van der Waals surface area contributed by atoms with E-state index < -0.39 is 5.41 Å². The molecule has 0 spiro atoms. The number of pyridine rings is 1. The number of rotatable bonds is 2. The number of fused-ring (bicyclic) bond motifs is 1. The number of esters is 1. The number of ether oxygens (including phenoxy) is 1. The summed E-state index contributed by atoms with van der Waals surface area (Å²) in [5.74, 6) is 0.125. The summed E-state index contributed by atoms with van der Waals surface area (Å²) in [6.45, 7) is 5.49. The molecule has 0 saturated carbocycles. The molecule has 0 aliphatic rings. The van der Waals surface area contributed by atoms with Crippen LogP contribution in [0.15, 0.2) is 18.3 Å². The van der Waals surface area contributed by atoms with Gasteiger partial charge in [0, 0.05) is 6.20 Å². The maximum Gasteiger partial charge on any atom is 0.319 e. The predicted octanol–water partition coefficient (Wildman–Crippen LogP) is 1.49. The maximum atomic E-state index is 11.7. The standard InChI is InChI=1S/C12H15N3O2/c1-8-5-6-15-9(7-8)13-10(14-15)12(2,3)11(16)17-4/h5-7H,1-4H3. The van der Waals surface area contributed by atoms with E-state index in [2.05, 4.69) is 10.1 Å². The Labute approximate surface area is 99.4 Å². The van der Waals surface area contributed by atoms with Gasteiger partial charge in [0.15, 0.2) is 11.5 Å². The maximum absolute atomic E-state index is 11.7. The van der Waals surface area contributed by atoms with Crippen molar-refractivity contribution in [3.05, 3.63) is 29.7 Å². The number of hydrogen-bond acceptors (Lipinski definition) is 4. The molecule has 2 aromatic rings. The summed E-state index contributed by atoms with van der Waals surface area (Å²) in [5.41, 5.74) is 0.999. The zero-order valence-electron chi connectivity index (χ0n) is 10.4. The van der Waals surface area contributed by atoms with Gasteiger partial charge in [0.05, 0.1) is 7.11 Å². The number of carbonyl (C=O) groups is 1. The molecule has 5 nitrogen and oxygen atoms in total. The van der Waals surface area contributed by atoms with Crippen molar-refractivity contribution in [1.82, 2.24) is 14.6 Å². The topological polar surface area (TPSA) is 56.5 Å². The van der Waals surface area contributed by atoms with Crippen molar-refractivity contribution in [3.8, 4) is 0 Å². The third-order valence-corrected chi connectivity index (χ3v) is 2.75. The second kappa shape index (κ2) is 3.84. The third kappa shape index (κ3) is 1.88. The van der Waals surface area contributed by atoms with E-state index in [1.807, 2.05) is 25.3 Å². The molecule has 2 aromatic heterocycles. The molecule has 0 bridgehead atoms. The molecule has 2 rings (SSSR count). The normalized spacial score (nSPS) is 11.8. The van der Waals surface area contributed by atoms with Gasteiger partial charge in [-0.25, -0.2) is 9.50 Å². The van der Waals surface area contributed by atoms with Crippen LogP contribution in [-0.2, 0) is 14.9 Å². The smallest absolute Gasteiger partial charge is 0.319 e. The summed E-state index contributed by atoms with van der Waals surface area (Å²) in [7, 11) is 1.37. The van der Waals surface area contributed by atoms with Crippen LogP contribution in [0.3, 0.4) is 0 Å². The zero-order chi connectivity index (χ0) is 12.6. The number of aryl methyl sites for hydroxylation is 1. The lowest BCUT2D eigenvalue weighted by molar-refractivity contribution is -0.146. The van der Waals surface area contributed by atoms with Gasteiger partial charge in [-0.2, -0.15) is 5.10 Å². The summed E-state index contributed by atoms with van der Waals surface area (Å²) in [6, 6.07) is 3.86. The number of aromatic nitrogens is 3. The Kier molecular flexibility index (Phi) is 2.61. The van der Waals surface area contributed by atoms with Crippen molar-refractivity contribution in [3.63, 3.8) is 0 Å². The van der Waals surface area contributed by atoms with Crippen LogP contribution in [0, 0.1) is 6.92 Å². The van der Waals surface area contributed by atoms with Gasteiger partial charge in [0.1, 0.15) is 5.41 Å². The molecule has 0 aliphatic carbocycles. The molecule has 2 heterocycles. The molecule has 0 radical (unpaired) electrons. The monoisotopic (exact) mass is 233 g/mol. The van der Waals surface area contributed by atoms with E-state index >= 15 is 0 Å². The van der Waals surface area contributed by atoms with Crippen LogP contribution in [-0.4, -0.2) is 27.7 Å². The molecule has 0 aliphatic heterocycles. The molecular formula is C12H15N3O2. The lowest BCUT2D eigenvalue weighted by Gasteiger charge is -2.16. The molecule has 0 atom stereocenters. The minimum atomic E-state index is -0.839. The van der Waals surface area contributed by atoms with E-state index in [0.717, 1.165) is 11.2 Å². The second-order valence-corrected chi connectivity index (χ2v) is 4.56. The summed E-state index contributed by atoms with van der Waals surface area (Å²) < 4.78 is 6.42. The van der Waals surface area contributed by atoms with E-state index in [1.165, 1.54) is 7.11 Å². The third-order valence-electron chi connectivity index (χ3n) is 2.75. The molecule has 0 unspecified atom stereocenters. The predicted molar refractivity (Wildman–Crippen MR) is 62.8 cm³/mol. The van der Waals surface area contributed by atoms with Gasteiger partial charge in [-0.1, -0.05) is 0 Å². The minimum absolute atomic E-state index is 0.342. The highest BCUT2D eigenvalue weighted by Gasteiger charge is 2.35. The highest BCUT2D eigenvalue weighted by molar-refractivity contribution is 5.81. The fraction of sp³-hybridized carbons (Fsp3) is 0.417. The van der Waals surface area contributed by atoms with Crippen LogP contribution >= 0.6 is 0 Å². The first kappa shape index (κ1) is 11.6. The Balaban J connectivity index is 2.53. The lowest BCUT2D eigenvalue weighted by Crippen LogP contribution is -2.31. The summed E-state index contributed by atoms with van der Waals surface area (Å²) in [5, 5.41) is 4.30. The molecule has 0 amide bonds. The molecule has 0 N–H and O–H groups in total. The first-order chi connectivity index (χ1) is 7.95. The number of methoxy groups -OCH3 is 1. The second-order valence-electron chi connectivity index (χ2n) is 4.56. The van der Waals surface area contributed by atoms with Crippen LogP contribution in [0.4, 0.5) is 0 Å². The Morgan fingerprint density at radius 1 is 1.47 bits per heavy atom. The number of nitrogens with zero attached hydrogens (tertiary/aromatic N) is 3. The van der Waals surface area contributed by atoms with Crippen LogP contribution in [0.25, 0.3) is 5.65 Å². The van der Waals surface area contributed by atoms with Crippen LogP contribution in [0.5, 0.6) is 0 Å². The molecule has 5 heteroatoms. The van der Waals surface area contributed by atoms with Gasteiger partial charge >= 0.3 is 5.97 Å². The van der Waals surface area contributed by atoms with Gasteiger partial charge in [-0.15, -0.1) is 0 Å². The summed E-state index contributed by atoms with van der Waals surface area (Å²) >= 11 is 0. The average molecular weight is 233 g/mol. The highest BCUT2D eigenvalue weighted by Crippen LogP contribution is 2.22. The van der Waals surface area contributed by atoms with Gasteiger partial charge < -0.3 is 4.74 Å². The Hall–Kier alpha value is -1.91. The van der Waals surface area contributed by atoms with Crippen molar-refractivity contribution < 1.29 is 9.53 Å². The fourth-order valence-electron chi connectivity index (χ4n) is 1.59. The SMILES string of the molecule is COC(=O)C(C)(C)c1nc2cc(C)ccn2n1. The Bertz CT molecular complexity index is 572. The number of carbonyl (C=O) groups excluding carboxylic acids is 1. The molecule has 0 saturated heterocycles. The van der Waals surface area contributed by atoms with Crippen LogP contribution < -0.4 is 0 Å². The van der Waals surface area contributed by atoms with E-state index in [4.69, 9.17) is 4.74 Å². The molecule has 90 valence electrons. The summed E-state index contributed by atoms with van der Waals surface area (Å²) in [4.78, 5) is 16.0. The van der Waals surface area contributed by atoms with Gasteiger partial charge in [0.2, 0.25) is 0 Å². The van der Waals surface area contributed by atoms with E-state index in [9.17, 15) is 4.79 Å². The van der Waals surface area contributed by atoms with Crippen molar-refractivity contribution in [2.45, 2.75) is 26.2 Å². The minimum Gasteiger partial charge on any atom is -0.468 e. The quantitative estimate of drug-likeness (QED) is 0.737. The van der Waals surface area contributed by atoms with E-state index in [-0.39, 0.29) is 5.97 Å². The summed E-state index contributed by atoms with van der Waals surface area (Å²) in [6.07, 6.45) is 1.83. The van der Waals surface area contributed by atoms with Crippen molar-refractivity contribution in [1.29, 1.82) is 0 Å². The first-order valence-electron chi connectivity index (χ1n) is 5.37. The zero-order valence-corrected chi connectivity index (χ0v) is 10.4. The molecule has 0 fully saturated rings. The average Bonchev–Trinajstić information content (AvgIpc) is 2.71. The van der Waals surface area contributed by atoms with Gasteiger partial charge in [-0.05, 0) is 38.5 Å². The molecule has 0 aromatic carbocycles. The van der Waals surface area contributed by atoms with Gasteiger partial charge in [-0.3, -0.25) is 4.79 Å². The van der Waals surface area contributed by atoms with Crippen molar-refractivity contribution >= 4 is 11.6 Å². The largest absolute Gasteiger partial charge is 0.468 e. The van der Waals surface area contributed by atoms with Gasteiger partial charge in [0.25, 0.3) is 0 Å². The highest BCUT2D eigenvalue weighted by atomic mass is 16.5. The van der Waals surface area contributed by atoms with Crippen LogP contribution in [0.2, 0.25) is 0 Å². The van der Waals surface area contributed by atoms with E-state index in [1.54, 1.807) is 18.4 Å². The fourth-order valence-corrected chi connectivity index (χ4v) is 1.59. The van der Waals surface area contributed by atoms with Crippen molar-refractivity contribution in [2.24, 2.45) is 0 Å². The Morgan fingerprint density at radius 2 is 2.18 bits per heavy atom. The first-order valence-corrected chi connectivity index (χ1v) is 5.37. The molecule has 17 heavy (non-hydrogen) atoms.